The number of carbonyl (C=O) groups excluding carboxylic acids is 1. The summed E-state index contributed by atoms with van der Waals surface area (Å²) >= 11 is 7.72. The van der Waals surface area contributed by atoms with E-state index in [-0.39, 0.29) is 16.7 Å². The predicted octanol–water partition coefficient (Wildman–Crippen LogP) is 6.18. The molecule has 0 bridgehead atoms. The summed E-state index contributed by atoms with van der Waals surface area (Å²) in [6.07, 6.45) is 1.75. The van der Waals surface area contributed by atoms with E-state index in [9.17, 15) is 9.18 Å². The molecule has 0 aliphatic carbocycles. The summed E-state index contributed by atoms with van der Waals surface area (Å²) in [6.45, 7) is 0.468. The Balaban J connectivity index is 1.62. The predicted molar refractivity (Wildman–Crippen MR) is 134 cm³/mol. The van der Waals surface area contributed by atoms with Crippen molar-refractivity contribution in [2.24, 2.45) is 0 Å². The molecule has 4 aromatic rings. The number of hydrogen-bond acceptors (Lipinski definition) is 4. The molecule has 8 heteroatoms. The maximum atomic E-state index is 14.8. The van der Waals surface area contributed by atoms with Crippen molar-refractivity contribution < 1.29 is 13.9 Å². The third-order valence-electron chi connectivity index (χ3n) is 5.73. The highest BCUT2D eigenvalue weighted by atomic mass is 35.5. The van der Waals surface area contributed by atoms with Crippen LogP contribution in [0.2, 0.25) is 5.02 Å². The Labute approximate surface area is 206 Å². The van der Waals surface area contributed by atoms with Crippen LogP contribution in [0, 0.1) is 5.82 Å². The number of thioether (sulfide) groups is 1. The molecule has 1 aliphatic rings. The van der Waals surface area contributed by atoms with Crippen molar-refractivity contribution in [2.45, 2.75) is 11.9 Å². The lowest BCUT2D eigenvalue weighted by Gasteiger charge is -2.26. The molecule has 5 rings (SSSR count). The van der Waals surface area contributed by atoms with Crippen molar-refractivity contribution in [2.75, 3.05) is 17.8 Å². The van der Waals surface area contributed by atoms with Crippen molar-refractivity contribution in [3.63, 3.8) is 0 Å². The zero-order valence-corrected chi connectivity index (χ0v) is 19.9. The number of rotatable bonds is 6. The van der Waals surface area contributed by atoms with E-state index in [1.807, 2.05) is 59.2 Å². The molecule has 1 amide bonds. The summed E-state index contributed by atoms with van der Waals surface area (Å²) in [7, 11) is 1.63. The van der Waals surface area contributed by atoms with Crippen molar-refractivity contribution >= 4 is 35.2 Å². The van der Waals surface area contributed by atoms with Crippen LogP contribution in [0.5, 0.6) is 5.75 Å². The maximum Gasteiger partial charge on any atom is 0.240 e. The van der Waals surface area contributed by atoms with E-state index in [0.29, 0.717) is 18.1 Å². The Morgan fingerprint density at radius 1 is 1.09 bits per heavy atom. The van der Waals surface area contributed by atoms with E-state index in [4.69, 9.17) is 16.3 Å². The Bertz CT molecular complexity index is 1310. The van der Waals surface area contributed by atoms with Crippen LogP contribution < -0.4 is 9.64 Å². The molecule has 3 aromatic carbocycles. The molecule has 34 heavy (non-hydrogen) atoms. The molecule has 1 atom stereocenters. The Morgan fingerprint density at radius 2 is 1.85 bits per heavy atom. The van der Waals surface area contributed by atoms with Gasteiger partial charge in [-0.1, -0.05) is 60.1 Å². The third kappa shape index (κ3) is 4.17. The highest BCUT2D eigenvalue weighted by Gasteiger charge is 2.39. The average molecular weight is 494 g/mol. The monoisotopic (exact) mass is 493 g/mol. The zero-order valence-electron chi connectivity index (χ0n) is 18.3. The first-order valence-corrected chi connectivity index (χ1v) is 12.1. The number of carbonyl (C=O) groups is 1. The molecule has 1 saturated heterocycles. The molecular weight excluding hydrogens is 473 g/mol. The lowest BCUT2D eigenvalue weighted by molar-refractivity contribution is -0.116. The first kappa shape index (κ1) is 22.5. The number of methoxy groups -OCH3 is 1. The van der Waals surface area contributed by atoms with Gasteiger partial charge in [-0.15, -0.1) is 11.8 Å². The lowest BCUT2D eigenvalue weighted by Crippen LogP contribution is -2.31. The normalized spacial score (nSPS) is 15.7. The third-order valence-corrected chi connectivity index (χ3v) is 7.24. The average Bonchev–Trinajstić information content (AvgIpc) is 3.43. The van der Waals surface area contributed by atoms with Crippen molar-refractivity contribution in [3.8, 4) is 17.0 Å². The van der Waals surface area contributed by atoms with Crippen LogP contribution in [-0.4, -0.2) is 28.3 Å². The van der Waals surface area contributed by atoms with Crippen molar-refractivity contribution in [1.29, 1.82) is 0 Å². The van der Waals surface area contributed by atoms with Crippen molar-refractivity contribution in [3.05, 3.63) is 101 Å². The quantitative estimate of drug-likeness (QED) is 0.322. The van der Waals surface area contributed by atoms with Gasteiger partial charge >= 0.3 is 0 Å². The second-order valence-electron chi connectivity index (χ2n) is 7.81. The molecule has 0 saturated carbocycles. The van der Waals surface area contributed by atoms with E-state index >= 15 is 0 Å². The van der Waals surface area contributed by atoms with Crippen LogP contribution in [-0.2, 0) is 11.3 Å². The summed E-state index contributed by atoms with van der Waals surface area (Å²) in [5.41, 5.74) is 3.13. The van der Waals surface area contributed by atoms with Gasteiger partial charge in [0.05, 0.1) is 31.3 Å². The molecule has 1 aromatic heterocycles. The van der Waals surface area contributed by atoms with E-state index in [0.717, 1.165) is 22.6 Å². The van der Waals surface area contributed by atoms with Gasteiger partial charge in [0.2, 0.25) is 11.9 Å². The first-order valence-electron chi connectivity index (χ1n) is 10.7. The van der Waals surface area contributed by atoms with Crippen LogP contribution >= 0.6 is 23.4 Å². The SMILES string of the molecule is COc1ccc(Cn2c(-c3ccccc3)cnc2N2C(=O)CSC2c2c(F)cccc2Cl)cc1. The topological polar surface area (TPSA) is 47.4 Å². The summed E-state index contributed by atoms with van der Waals surface area (Å²) in [5.74, 6) is 0.842. The fourth-order valence-electron chi connectivity index (χ4n) is 4.07. The molecule has 1 aliphatic heterocycles. The number of anilines is 1. The van der Waals surface area contributed by atoms with Gasteiger partial charge in [-0.05, 0) is 35.4 Å². The Morgan fingerprint density at radius 3 is 2.56 bits per heavy atom. The van der Waals surface area contributed by atoms with Gasteiger partial charge in [-0.25, -0.2) is 9.37 Å². The molecule has 0 radical (unpaired) electrons. The highest BCUT2D eigenvalue weighted by molar-refractivity contribution is 8.00. The minimum Gasteiger partial charge on any atom is -0.497 e. The second kappa shape index (κ2) is 9.52. The van der Waals surface area contributed by atoms with Crippen LogP contribution in [0.15, 0.2) is 79.0 Å². The number of aromatic nitrogens is 2. The van der Waals surface area contributed by atoms with Gasteiger partial charge in [0.15, 0.2) is 0 Å². The summed E-state index contributed by atoms with van der Waals surface area (Å²) in [5, 5.41) is -0.324. The number of ether oxygens (including phenoxy) is 1. The minimum absolute atomic E-state index is 0.143. The van der Waals surface area contributed by atoms with E-state index < -0.39 is 11.2 Å². The molecule has 1 unspecified atom stereocenters. The Kier molecular flexibility index (Phi) is 6.30. The standard InChI is InChI=1S/C26H21ClFN3O2S/c1-33-19-12-10-17(11-13-19)15-30-22(18-6-3-2-4-7-18)14-29-26(30)31-23(32)16-34-25(31)24-20(27)8-5-9-21(24)28/h2-14,25H,15-16H2,1H3. The summed E-state index contributed by atoms with van der Waals surface area (Å²) < 4.78 is 22.1. The van der Waals surface area contributed by atoms with Crippen LogP contribution in [0.3, 0.4) is 0 Å². The maximum absolute atomic E-state index is 14.8. The number of nitrogens with zero attached hydrogens (tertiary/aromatic N) is 3. The fraction of sp³-hybridized carbons (Fsp3) is 0.154. The number of halogens is 2. The number of hydrogen-bond donors (Lipinski definition) is 0. The summed E-state index contributed by atoms with van der Waals surface area (Å²) in [4.78, 5) is 19.3. The van der Waals surface area contributed by atoms with E-state index in [2.05, 4.69) is 4.98 Å². The van der Waals surface area contributed by atoms with Gasteiger partial charge in [-0.2, -0.15) is 0 Å². The van der Waals surface area contributed by atoms with Crippen LogP contribution in [0.4, 0.5) is 10.3 Å². The van der Waals surface area contributed by atoms with Gasteiger partial charge in [-0.3, -0.25) is 9.69 Å². The molecule has 0 spiro atoms. The fourth-order valence-corrected chi connectivity index (χ4v) is 5.61. The number of benzene rings is 3. The van der Waals surface area contributed by atoms with Gasteiger partial charge in [0, 0.05) is 10.6 Å². The molecule has 172 valence electrons. The molecule has 0 N–H and O–H groups in total. The van der Waals surface area contributed by atoms with Gasteiger partial charge in [0.1, 0.15) is 16.9 Å². The van der Waals surface area contributed by atoms with Crippen molar-refractivity contribution in [1.82, 2.24) is 9.55 Å². The van der Waals surface area contributed by atoms with E-state index in [1.54, 1.807) is 30.3 Å². The van der Waals surface area contributed by atoms with Crippen LogP contribution in [0.25, 0.3) is 11.3 Å². The minimum atomic E-state index is -0.609. The molecule has 2 heterocycles. The smallest absolute Gasteiger partial charge is 0.240 e. The number of amides is 1. The highest BCUT2D eigenvalue weighted by Crippen LogP contribution is 2.45. The first-order chi connectivity index (χ1) is 16.6. The number of imidazole rings is 1. The van der Waals surface area contributed by atoms with E-state index in [1.165, 1.54) is 17.8 Å². The largest absolute Gasteiger partial charge is 0.497 e. The second-order valence-corrected chi connectivity index (χ2v) is 9.28. The van der Waals surface area contributed by atoms with Gasteiger partial charge < -0.3 is 9.30 Å². The summed E-state index contributed by atoms with van der Waals surface area (Å²) in [6, 6.07) is 22.2. The lowest BCUT2D eigenvalue weighted by atomic mass is 10.1. The Hall–Kier alpha value is -3.29. The molecule has 5 nitrogen and oxygen atoms in total. The zero-order chi connectivity index (χ0) is 23.7. The van der Waals surface area contributed by atoms with Gasteiger partial charge in [0.25, 0.3) is 0 Å². The molecular formula is C26H21ClFN3O2S. The molecule has 1 fully saturated rings. The van der Waals surface area contributed by atoms with Crippen LogP contribution in [0.1, 0.15) is 16.5 Å².